The Labute approximate surface area is 104 Å². The van der Waals surface area contributed by atoms with Gasteiger partial charge in [-0.05, 0) is 24.6 Å². The van der Waals surface area contributed by atoms with Gasteiger partial charge in [-0.1, -0.05) is 12.1 Å². The normalized spacial score (nSPS) is 10.7. The molecular weight excluding hydrogens is 228 g/mol. The van der Waals surface area contributed by atoms with Crippen molar-refractivity contribution in [2.24, 2.45) is 0 Å². The van der Waals surface area contributed by atoms with Gasteiger partial charge in [0.2, 0.25) is 5.89 Å². The van der Waals surface area contributed by atoms with E-state index >= 15 is 0 Å². The number of aromatic amines is 1. The molecule has 5 nitrogen and oxygen atoms in total. The Bertz CT molecular complexity index is 607. The van der Waals surface area contributed by atoms with Crippen LogP contribution in [0, 0.1) is 6.92 Å². The van der Waals surface area contributed by atoms with Gasteiger partial charge in [-0.25, -0.2) is 4.98 Å². The number of aryl methyl sites for hydroxylation is 1. The van der Waals surface area contributed by atoms with Crippen LogP contribution in [0.4, 0.5) is 5.82 Å². The molecular formula is C13H12N4O. The van der Waals surface area contributed by atoms with Crippen LogP contribution in [0.5, 0.6) is 0 Å². The largest absolute Gasteiger partial charge is 0.444 e. The van der Waals surface area contributed by atoms with E-state index in [4.69, 9.17) is 10.2 Å². The summed E-state index contributed by atoms with van der Waals surface area (Å²) < 4.78 is 5.35. The van der Waals surface area contributed by atoms with Crippen LogP contribution in [0.15, 0.2) is 41.0 Å². The standard InChI is InChI=1S/C13H12N4O/c1-8-7-18-13(15-8)10-4-2-9(3-5-10)11-6-12(14)17-16-11/h2-7H,1H3,(H3,14,16,17). The van der Waals surface area contributed by atoms with Crippen molar-refractivity contribution < 1.29 is 4.42 Å². The Morgan fingerprint density at radius 2 is 1.89 bits per heavy atom. The third kappa shape index (κ3) is 1.86. The number of aromatic nitrogens is 3. The zero-order valence-electron chi connectivity index (χ0n) is 9.84. The minimum Gasteiger partial charge on any atom is -0.444 e. The summed E-state index contributed by atoms with van der Waals surface area (Å²) in [6.07, 6.45) is 1.64. The number of H-pyrrole nitrogens is 1. The van der Waals surface area contributed by atoms with E-state index in [1.165, 1.54) is 0 Å². The van der Waals surface area contributed by atoms with Crippen molar-refractivity contribution in [3.05, 3.63) is 42.3 Å². The van der Waals surface area contributed by atoms with Gasteiger partial charge < -0.3 is 10.2 Å². The molecule has 2 heterocycles. The number of oxazole rings is 1. The molecule has 0 aliphatic rings. The SMILES string of the molecule is Cc1coc(-c2ccc(-c3cc(N)n[nH]3)cc2)n1. The van der Waals surface area contributed by atoms with Crippen LogP contribution in [0.2, 0.25) is 0 Å². The fraction of sp³-hybridized carbons (Fsp3) is 0.0769. The van der Waals surface area contributed by atoms with E-state index in [1.54, 1.807) is 12.3 Å². The van der Waals surface area contributed by atoms with E-state index in [0.29, 0.717) is 11.7 Å². The lowest BCUT2D eigenvalue weighted by Gasteiger charge is -1.99. The highest BCUT2D eigenvalue weighted by Gasteiger charge is 2.06. The Hall–Kier alpha value is -2.56. The maximum Gasteiger partial charge on any atom is 0.226 e. The Morgan fingerprint density at radius 1 is 1.17 bits per heavy atom. The summed E-state index contributed by atoms with van der Waals surface area (Å²) in [5.41, 5.74) is 9.30. The molecule has 0 unspecified atom stereocenters. The maximum atomic E-state index is 5.57. The lowest BCUT2D eigenvalue weighted by atomic mass is 10.1. The first kappa shape index (κ1) is 10.6. The molecule has 0 amide bonds. The summed E-state index contributed by atoms with van der Waals surface area (Å²) in [6.45, 7) is 1.90. The summed E-state index contributed by atoms with van der Waals surface area (Å²) in [6, 6.07) is 9.66. The summed E-state index contributed by atoms with van der Waals surface area (Å²) in [7, 11) is 0. The van der Waals surface area contributed by atoms with E-state index in [0.717, 1.165) is 22.5 Å². The molecule has 0 radical (unpaired) electrons. The molecule has 18 heavy (non-hydrogen) atoms. The van der Waals surface area contributed by atoms with Gasteiger partial charge in [0.1, 0.15) is 12.1 Å². The molecule has 0 atom stereocenters. The van der Waals surface area contributed by atoms with Crippen LogP contribution < -0.4 is 5.73 Å². The topological polar surface area (TPSA) is 80.7 Å². The molecule has 90 valence electrons. The first-order chi connectivity index (χ1) is 8.72. The molecule has 3 rings (SSSR count). The minimum atomic E-state index is 0.484. The van der Waals surface area contributed by atoms with E-state index in [-0.39, 0.29) is 0 Å². The fourth-order valence-corrected chi connectivity index (χ4v) is 1.76. The number of anilines is 1. The number of nitrogen functional groups attached to an aromatic ring is 1. The van der Waals surface area contributed by atoms with Crippen molar-refractivity contribution in [2.75, 3.05) is 5.73 Å². The van der Waals surface area contributed by atoms with Crippen LogP contribution in [0.3, 0.4) is 0 Å². The average molecular weight is 240 g/mol. The monoisotopic (exact) mass is 240 g/mol. The average Bonchev–Trinajstić information content (AvgIpc) is 2.98. The molecule has 3 N–H and O–H groups in total. The zero-order chi connectivity index (χ0) is 12.5. The first-order valence-corrected chi connectivity index (χ1v) is 5.56. The number of benzene rings is 1. The molecule has 3 aromatic rings. The maximum absolute atomic E-state index is 5.57. The summed E-state index contributed by atoms with van der Waals surface area (Å²) in [4.78, 5) is 4.28. The molecule has 1 aromatic carbocycles. The molecule has 0 aliphatic carbocycles. The predicted octanol–water partition coefficient (Wildman–Crippen LogP) is 2.62. The van der Waals surface area contributed by atoms with Gasteiger partial charge in [0.25, 0.3) is 0 Å². The molecule has 0 saturated carbocycles. The van der Waals surface area contributed by atoms with Gasteiger partial charge in [-0.2, -0.15) is 5.10 Å². The molecule has 0 aliphatic heterocycles. The second-order valence-electron chi connectivity index (χ2n) is 4.08. The third-order valence-corrected chi connectivity index (χ3v) is 2.66. The van der Waals surface area contributed by atoms with Crippen molar-refractivity contribution in [1.29, 1.82) is 0 Å². The molecule has 0 spiro atoms. The molecule has 0 bridgehead atoms. The van der Waals surface area contributed by atoms with Crippen LogP contribution in [0.1, 0.15) is 5.69 Å². The number of hydrogen-bond donors (Lipinski definition) is 2. The Kier molecular flexibility index (Phi) is 2.37. The van der Waals surface area contributed by atoms with Gasteiger partial charge >= 0.3 is 0 Å². The molecule has 5 heteroatoms. The molecule has 2 aromatic heterocycles. The Morgan fingerprint density at radius 3 is 2.44 bits per heavy atom. The Balaban J connectivity index is 1.94. The minimum absolute atomic E-state index is 0.484. The quantitative estimate of drug-likeness (QED) is 0.721. The fourth-order valence-electron chi connectivity index (χ4n) is 1.76. The highest BCUT2D eigenvalue weighted by molar-refractivity contribution is 5.66. The van der Waals surface area contributed by atoms with Crippen molar-refractivity contribution in [1.82, 2.24) is 15.2 Å². The van der Waals surface area contributed by atoms with Gasteiger partial charge in [-0.15, -0.1) is 0 Å². The zero-order valence-corrected chi connectivity index (χ0v) is 9.84. The lowest BCUT2D eigenvalue weighted by Crippen LogP contribution is -1.81. The molecule has 0 saturated heterocycles. The summed E-state index contributed by atoms with van der Waals surface area (Å²) in [5, 5.41) is 6.77. The number of nitrogens with one attached hydrogen (secondary N) is 1. The summed E-state index contributed by atoms with van der Waals surface area (Å²) >= 11 is 0. The van der Waals surface area contributed by atoms with Crippen LogP contribution in [-0.4, -0.2) is 15.2 Å². The van der Waals surface area contributed by atoms with Crippen LogP contribution >= 0.6 is 0 Å². The molecule has 0 fully saturated rings. The van der Waals surface area contributed by atoms with E-state index in [9.17, 15) is 0 Å². The number of rotatable bonds is 2. The van der Waals surface area contributed by atoms with Gasteiger partial charge in [0.15, 0.2) is 0 Å². The first-order valence-electron chi connectivity index (χ1n) is 5.56. The van der Waals surface area contributed by atoms with E-state index < -0.39 is 0 Å². The van der Waals surface area contributed by atoms with Gasteiger partial charge in [0, 0.05) is 11.6 Å². The summed E-state index contributed by atoms with van der Waals surface area (Å²) in [5.74, 6) is 1.11. The van der Waals surface area contributed by atoms with Crippen LogP contribution in [0.25, 0.3) is 22.7 Å². The van der Waals surface area contributed by atoms with Crippen molar-refractivity contribution in [2.45, 2.75) is 6.92 Å². The van der Waals surface area contributed by atoms with Gasteiger partial charge in [-0.3, -0.25) is 5.10 Å². The number of nitrogens with zero attached hydrogens (tertiary/aromatic N) is 2. The second kappa shape index (κ2) is 4.03. The highest BCUT2D eigenvalue weighted by Crippen LogP contribution is 2.23. The predicted molar refractivity (Wildman–Crippen MR) is 68.7 cm³/mol. The van der Waals surface area contributed by atoms with E-state index in [1.807, 2.05) is 31.2 Å². The number of nitrogens with two attached hydrogens (primary N) is 1. The third-order valence-electron chi connectivity index (χ3n) is 2.66. The van der Waals surface area contributed by atoms with Crippen LogP contribution in [-0.2, 0) is 0 Å². The van der Waals surface area contributed by atoms with Crippen molar-refractivity contribution in [3.8, 4) is 22.7 Å². The smallest absolute Gasteiger partial charge is 0.226 e. The second-order valence-corrected chi connectivity index (χ2v) is 4.08. The number of hydrogen-bond acceptors (Lipinski definition) is 4. The van der Waals surface area contributed by atoms with E-state index in [2.05, 4.69) is 15.2 Å². The van der Waals surface area contributed by atoms with Crippen molar-refractivity contribution in [3.63, 3.8) is 0 Å². The van der Waals surface area contributed by atoms with Crippen molar-refractivity contribution >= 4 is 5.82 Å². The highest BCUT2D eigenvalue weighted by atomic mass is 16.3. The van der Waals surface area contributed by atoms with Gasteiger partial charge in [0.05, 0.1) is 11.4 Å². The lowest BCUT2D eigenvalue weighted by molar-refractivity contribution is 0.573.